The third-order valence-corrected chi connectivity index (χ3v) is 3.44. The van der Waals surface area contributed by atoms with Gasteiger partial charge in [-0.2, -0.15) is 11.8 Å². The predicted octanol–water partition coefficient (Wildman–Crippen LogP) is 2.67. The minimum atomic E-state index is 0.115. The molecule has 1 rings (SSSR count). The van der Waals surface area contributed by atoms with E-state index in [9.17, 15) is 0 Å². The molecule has 2 N–H and O–H groups in total. The topological polar surface area (TPSA) is 35.2 Å². The molecule has 3 heteroatoms. The van der Waals surface area contributed by atoms with E-state index in [-0.39, 0.29) is 6.04 Å². The lowest BCUT2D eigenvalue weighted by Crippen LogP contribution is -2.14. The molecule has 84 valence electrons. The van der Waals surface area contributed by atoms with Gasteiger partial charge in [0.1, 0.15) is 5.75 Å². The zero-order chi connectivity index (χ0) is 11.4. The Balaban J connectivity index is 3.06. The van der Waals surface area contributed by atoms with Crippen LogP contribution in [-0.2, 0) is 0 Å². The van der Waals surface area contributed by atoms with Crippen molar-refractivity contribution in [2.45, 2.75) is 19.9 Å². The van der Waals surface area contributed by atoms with Crippen molar-refractivity contribution in [1.29, 1.82) is 0 Å². The Bertz CT molecular complexity index is 339. The second-order valence-corrected chi connectivity index (χ2v) is 4.58. The average Bonchev–Trinajstić information content (AvgIpc) is 2.22. The zero-order valence-corrected chi connectivity index (χ0v) is 10.6. The fraction of sp³-hybridized carbons (Fsp3) is 0.500. The number of methoxy groups -OCH3 is 1. The lowest BCUT2D eigenvalue weighted by atomic mass is 9.98. The molecule has 0 saturated carbocycles. The average molecular weight is 225 g/mol. The molecule has 0 aliphatic rings. The standard InChI is InChI=1S/C12H19NOS/c1-8-9(2)12(14-3)6-5-10(8)11(13)7-15-4/h5-6,11H,7,13H2,1-4H3. The van der Waals surface area contributed by atoms with Crippen molar-refractivity contribution in [3.05, 3.63) is 28.8 Å². The molecular weight excluding hydrogens is 206 g/mol. The first-order chi connectivity index (χ1) is 7.11. The summed E-state index contributed by atoms with van der Waals surface area (Å²) in [6.07, 6.45) is 2.07. The van der Waals surface area contributed by atoms with Gasteiger partial charge < -0.3 is 10.5 Å². The van der Waals surface area contributed by atoms with Gasteiger partial charge in [0.15, 0.2) is 0 Å². The first-order valence-electron chi connectivity index (χ1n) is 5.00. The number of benzene rings is 1. The monoisotopic (exact) mass is 225 g/mol. The van der Waals surface area contributed by atoms with E-state index in [1.807, 2.05) is 6.07 Å². The molecule has 1 aromatic rings. The summed E-state index contributed by atoms with van der Waals surface area (Å²) < 4.78 is 5.27. The minimum absolute atomic E-state index is 0.115. The van der Waals surface area contributed by atoms with Crippen molar-refractivity contribution in [3.63, 3.8) is 0 Å². The summed E-state index contributed by atoms with van der Waals surface area (Å²) >= 11 is 1.77. The fourth-order valence-electron chi connectivity index (χ4n) is 1.71. The van der Waals surface area contributed by atoms with Crippen LogP contribution in [-0.4, -0.2) is 19.1 Å². The van der Waals surface area contributed by atoms with Gasteiger partial charge in [-0.05, 0) is 42.9 Å². The van der Waals surface area contributed by atoms with E-state index in [0.717, 1.165) is 11.5 Å². The summed E-state index contributed by atoms with van der Waals surface area (Å²) in [5.74, 6) is 1.89. The molecular formula is C12H19NOS. The van der Waals surface area contributed by atoms with Crippen molar-refractivity contribution in [2.75, 3.05) is 19.1 Å². The van der Waals surface area contributed by atoms with Gasteiger partial charge in [0.2, 0.25) is 0 Å². The van der Waals surface area contributed by atoms with Gasteiger partial charge in [0, 0.05) is 11.8 Å². The summed E-state index contributed by atoms with van der Waals surface area (Å²) in [5, 5.41) is 0. The molecule has 0 aliphatic carbocycles. The predicted molar refractivity (Wildman–Crippen MR) is 67.8 cm³/mol. The van der Waals surface area contributed by atoms with Gasteiger partial charge in [-0.25, -0.2) is 0 Å². The van der Waals surface area contributed by atoms with Crippen LogP contribution in [0, 0.1) is 13.8 Å². The Morgan fingerprint density at radius 1 is 1.33 bits per heavy atom. The Morgan fingerprint density at radius 2 is 2.00 bits per heavy atom. The van der Waals surface area contributed by atoms with Crippen molar-refractivity contribution < 1.29 is 4.74 Å². The summed E-state index contributed by atoms with van der Waals surface area (Å²) in [6, 6.07) is 4.18. The minimum Gasteiger partial charge on any atom is -0.496 e. The second-order valence-electron chi connectivity index (χ2n) is 3.67. The van der Waals surface area contributed by atoms with E-state index in [4.69, 9.17) is 10.5 Å². The maximum atomic E-state index is 6.11. The summed E-state index contributed by atoms with van der Waals surface area (Å²) in [4.78, 5) is 0. The molecule has 0 saturated heterocycles. The largest absolute Gasteiger partial charge is 0.496 e. The third kappa shape index (κ3) is 2.67. The van der Waals surface area contributed by atoms with Crippen molar-refractivity contribution in [1.82, 2.24) is 0 Å². The molecule has 2 nitrogen and oxygen atoms in total. The van der Waals surface area contributed by atoms with E-state index in [2.05, 4.69) is 26.2 Å². The van der Waals surface area contributed by atoms with Crippen LogP contribution in [0.4, 0.5) is 0 Å². The summed E-state index contributed by atoms with van der Waals surface area (Å²) in [7, 11) is 1.70. The number of hydrogen-bond donors (Lipinski definition) is 1. The SMILES string of the molecule is COc1ccc(C(N)CSC)c(C)c1C. The van der Waals surface area contributed by atoms with Crippen LogP contribution in [0.15, 0.2) is 12.1 Å². The van der Waals surface area contributed by atoms with Crippen molar-refractivity contribution in [3.8, 4) is 5.75 Å². The molecule has 0 aliphatic heterocycles. The Labute approximate surface area is 96.2 Å². The maximum Gasteiger partial charge on any atom is 0.122 e. The van der Waals surface area contributed by atoms with Gasteiger partial charge in [-0.3, -0.25) is 0 Å². The molecule has 0 amide bonds. The number of hydrogen-bond acceptors (Lipinski definition) is 3. The quantitative estimate of drug-likeness (QED) is 0.855. The van der Waals surface area contributed by atoms with Crippen LogP contribution in [0.25, 0.3) is 0 Å². The molecule has 15 heavy (non-hydrogen) atoms. The van der Waals surface area contributed by atoms with Crippen LogP contribution < -0.4 is 10.5 Å². The van der Waals surface area contributed by atoms with Crippen LogP contribution in [0.1, 0.15) is 22.7 Å². The Kier molecular flexibility index (Phi) is 4.48. The Hall–Kier alpha value is -0.670. The molecule has 0 bridgehead atoms. The van der Waals surface area contributed by atoms with Gasteiger partial charge >= 0.3 is 0 Å². The van der Waals surface area contributed by atoms with Gasteiger partial charge in [-0.1, -0.05) is 6.07 Å². The third-order valence-electron chi connectivity index (χ3n) is 2.74. The lowest BCUT2D eigenvalue weighted by molar-refractivity contribution is 0.411. The number of thioether (sulfide) groups is 1. The smallest absolute Gasteiger partial charge is 0.122 e. The highest BCUT2D eigenvalue weighted by Crippen LogP contribution is 2.27. The van der Waals surface area contributed by atoms with Gasteiger partial charge in [0.25, 0.3) is 0 Å². The molecule has 1 atom stereocenters. The second kappa shape index (κ2) is 5.42. The number of nitrogens with two attached hydrogens (primary N) is 1. The van der Waals surface area contributed by atoms with E-state index in [0.29, 0.717) is 0 Å². The maximum absolute atomic E-state index is 6.11. The highest BCUT2D eigenvalue weighted by molar-refractivity contribution is 7.98. The summed E-state index contributed by atoms with van der Waals surface area (Å²) in [5.41, 5.74) is 9.76. The summed E-state index contributed by atoms with van der Waals surface area (Å²) in [6.45, 7) is 4.18. The number of ether oxygens (including phenoxy) is 1. The molecule has 1 unspecified atom stereocenters. The zero-order valence-electron chi connectivity index (χ0n) is 9.83. The Morgan fingerprint density at radius 3 is 2.53 bits per heavy atom. The molecule has 0 fully saturated rings. The molecule has 0 aromatic heterocycles. The molecule has 0 radical (unpaired) electrons. The van der Waals surface area contributed by atoms with E-state index in [1.165, 1.54) is 16.7 Å². The highest BCUT2D eigenvalue weighted by Gasteiger charge is 2.12. The van der Waals surface area contributed by atoms with Crippen molar-refractivity contribution in [2.24, 2.45) is 5.73 Å². The van der Waals surface area contributed by atoms with Gasteiger partial charge in [-0.15, -0.1) is 0 Å². The number of rotatable bonds is 4. The first-order valence-corrected chi connectivity index (χ1v) is 6.39. The molecule has 0 heterocycles. The highest BCUT2D eigenvalue weighted by atomic mass is 32.2. The van der Waals surface area contributed by atoms with Crippen LogP contribution in [0.2, 0.25) is 0 Å². The molecule has 1 aromatic carbocycles. The molecule has 0 spiro atoms. The van der Waals surface area contributed by atoms with Crippen molar-refractivity contribution >= 4 is 11.8 Å². The van der Waals surface area contributed by atoms with Crippen LogP contribution in [0.3, 0.4) is 0 Å². The lowest BCUT2D eigenvalue weighted by Gasteiger charge is -2.17. The fourth-order valence-corrected chi connectivity index (χ4v) is 2.25. The van der Waals surface area contributed by atoms with Gasteiger partial charge in [0.05, 0.1) is 7.11 Å². The van der Waals surface area contributed by atoms with E-state index >= 15 is 0 Å². The van der Waals surface area contributed by atoms with Crippen LogP contribution >= 0.6 is 11.8 Å². The van der Waals surface area contributed by atoms with E-state index in [1.54, 1.807) is 18.9 Å². The van der Waals surface area contributed by atoms with E-state index < -0.39 is 0 Å². The normalized spacial score (nSPS) is 12.6. The van der Waals surface area contributed by atoms with Crippen LogP contribution in [0.5, 0.6) is 5.75 Å². The first kappa shape index (κ1) is 12.4.